The molecule has 0 bridgehead atoms. The maximum Gasteiger partial charge on any atom is 0.310 e. The molecule has 1 aromatic rings. The predicted octanol–water partition coefficient (Wildman–Crippen LogP) is 2.86. The van der Waals surface area contributed by atoms with Crippen molar-refractivity contribution in [3.63, 3.8) is 0 Å². The van der Waals surface area contributed by atoms with E-state index < -0.39 is 0 Å². The summed E-state index contributed by atoms with van der Waals surface area (Å²) in [5.74, 6) is 0.363. The monoisotopic (exact) mass is 251 g/mol. The summed E-state index contributed by atoms with van der Waals surface area (Å²) in [6.45, 7) is 5.51. The van der Waals surface area contributed by atoms with Crippen LogP contribution < -0.4 is 4.74 Å². The standard InChI is InChI=1S/C10H13NO2.2ClH/c1-4-10(12)13-9-5-7(2)11-8(3)6-9;;/h5-6H,4H2,1-3H3;2*1H. The zero-order valence-corrected chi connectivity index (χ0v) is 10.6. The summed E-state index contributed by atoms with van der Waals surface area (Å²) in [5.41, 5.74) is 1.72. The van der Waals surface area contributed by atoms with Gasteiger partial charge in [0.1, 0.15) is 5.75 Å². The Balaban J connectivity index is 0. The summed E-state index contributed by atoms with van der Waals surface area (Å²) < 4.78 is 5.05. The largest absolute Gasteiger partial charge is 0.426 e. The lowest BCUT2D eigenvalue weighted by atomic mass is 10.3. The molecule has 0 amide bonds. The van der Waals surface area contributed by atoms with Gasteiger partial charge in [0.15, 0.2) is 0 Å². The molecular weight excluding hydrogens is 237 g/mol. The molecule has 1 heterocycles. The minimum absolute atomic E-state index is 0. The molecule has 0 atom stereocenters. The van der Waals surface area contributed by atoms with E-state index in [1.165, 1.54) is 0 Å². The van der Waals surface area contributed by atoms with Crippen LogP contribution in [0.15, 0.2) is 12.1 Å². The molecule has 0 saturated carbocycles. The lowest BCUT2D eigenvalue weighted by molar-refractivity contribution is -0.134. The van der Waals surface area contributed by atoms with Crippen LogP contribution in [0.25, 0.3) is 0 Å². The molecule has 1 aromatic heterocycles. The average molecular weight is 252 g/mol. The van der Waals surface area contributed by atoms with Crippen LogP contribution >= 0.6 is 24.8 Å². The first-order valence-corrected chi connectivity index (χ1v) is 4.27. The Morgan fingerprint density at radius 1 is 1.27 bits per heavy atom. The van der Waals surface area contributed by atoms with Crippen molar-refractivity contribution in [2.45, 2.75) is 27.2 Å². The van der Waals surface area contributed by atoms with Crippen molar-refractivity contribution in [2.75, 3.05) is 0 Å². The average Bonchev–Trinajstić information content (AvgIpc) is 2.02. The lowest BCUT2D eigenvalue weighted by Crippen LogP contribution is -2.06. The van der Waals surface area contributed by atoms with E-state index in [2.05, 4.69) is 4.98 Å². The molecule has 0 aliphatic carbocycles. The molecule has 0 aliphatic rings. The molecule has 0 N–H and O–H groups in total. The van der Waals surface area contributed by atoms with Crippen LogP contribution in [0.3, 0.4) is 0 Å². The van der Waals surface area contributed by atoms with E-state index in [-0.39, 0.29) is 30.8 Å². The van der Waals surface area contributed by atoms with Gasteiger partial charge < -0.3 is 4.74 Å². The molecule has 0 unspecified atom stereocenters. The van der Waals surface area contributed by atoms with E-state index in [0.29, 0.717) is 12.2 Å². The number of carbonyl (C=O) groups is 1. The summed E-state index contributed by atoms with van der Waals surface area (Å²) in [5, 5.41) is 0. The van der Waals surface area contributed by atoms with Gasteiger partial charge in [0.2, 0.25) is 0 Å². The highest BCUT2D eigenvalue weighted by Crippen LogP contribution is 2.13. The molecule has 1 rings (SSSR count). The summed E-state index contributed by atoms with van der Waals surface area (Å²) in [6.07, 6.45) is 0.389. The fraction of sp³-hybridized carbons (Fsp3) is 0.400. The van der Waals surface area contributed by atoms with Gasteiger partial charge in [-0.15, -0.1) is 24.8 Å². The lowest BCUT2D eigenvalue weighted by Gasteiger charge is -2.04. The third kappa shape index (κ3) is 5.60. The SMILES string of the molecule is CCC(=O)Oc1cc(C)nc(C)c1.Cl.Cl. The summed E-state index contributed by atoms with van der Waals surface area (Å²) in [7, 11) is 0. The van der Waals surface area contributed by atoms with Crippen LogP contribution in [0, 0.1) is 13.8 Å². The van der Waals surface area contributed by atoms with Crippen molar-refractivity contribution in [1.82, 2.24) is 4.98 Å². The number of nitrogens with zero attached hydrogens (tertiary/aromatic N) is 1. The van der Waals surface area contributed by atoms with Crippen LogP contribution in [0.5, 0.6) is 5.75 Å². The molecular formula is C10H15Cl2NO2. The van der Waals surface area contributed by atoms with Gasteiger partial charge >= 0.3 is 5.97 Å². The van der Waals surface area contributed by atoms with Crippen LogP contribution in [-0.2, 0) is 4.79 Å². The second kappa shape index (κ2) is 7.49. The molecule has 0 saturated heterocycles. The Labute approximate surface area is 102 Å². The Bertz CT molecular complexity index is 309. The number of aryl methyl sites for hydroxylation is 2. The maximum absolute atomic E-state index is 11.0. The van der Waals surface area contributed by atoms with Crippen LogP contribution in [0.2, 0.25) is 0 Å². The molecule has 0 aliphatic heterocycles. The number of esters is 1. The fourth-order valence-electron chi connectivity index (χ4n) is 1.06. The van der Waals surface area contributed by atoms with Crippen molar-refractivity contribution in [1.29, 1.82) is 0 Å². The van der Waals surface area contributed by atoms with Gasteiger partial charge in [0, 0.05) is 29.9 Å². The Kier molecular flexibility index (Phi) is 8.30. The van der Waals surface area contributed by atoms with Crippen molar-refractivity contribution >= 4 is 30.8 Å². The fourth-order valence-corrected chi connectivity index (χ4v) is 1.06. The quantitative estimate of drug-likeness (QED) is 0.760. The van der Waals surface area contributed by atoms with E-state index in [1.807, 2.05) is 13.8 Å². The Hall–Kier alpha value is -0.800. The smallest absolute Gasteiger partial charge is 0.310 e. The highest BCUT2D eigenvalue weighted by atomic mass is 35.5. The molecule has 3 nitrogen and oxygen atoms in total. The first-order chi connectivity index (χ1) is 6.11. The highest BCUT2D eigenvalue weighted by molar-refractivity contribution is 5.85. The minimum atomic E-state index is -0.218. The van der Waals surface area contributed by atoms with Crippen molar-refractivity contribution in [3.8, 4) is 5.75 Å². The predicted molar refractivity (Wildman–Crippen MR) is 64.1 cm³/mol. The van der Waals surface area contributed by atoms with Crippen molar-refractivity contribution < 1.29 is 9.53 Å². The first-order valence-electron chi connectivity index (χ1n) is 4.27. The van der Waals surface area contributed by atoms with E-state index in [0.717, 1.165) is 11.4 Å². The third-order valence-electron chi connectivity index (χ3n) is 1.58. The van der Waals surface area contributed by atoms with Crippen LogP contribution in [0.1, 0.15) is 24.7 Å². The third-order valence-corrected chi connectivity index (χ3v) is 1.58. The molecule has 0 aromatic carbocycles. The normalized spacial score (nSPS) is 8.47. The van der Waals surface area contributed by atoms with Gasteiger partial charge in [-0.05, 0) is 13.8 Å². The zero-order chi connectivity index (χ0) is 9.84. The van der Waals surface area contributed by atoms with Gasteiger partial charge in [-0.1, -0.05) is 6.92 Å². The Morgan fingerprint density at radius 2 is 1.73 bits per heavy atom. The summed E-state index contributed by atoms with van der Waals surface area (Å²) >= 11 is 0. The van der Waals surface area contributed by atoms with E-state index >= 15 is 0 Å². The van der Waals surface area contributed by atoms with Crippen LogP contribution in [0.4, 0.5) is 0 Å². The summed E-state index contributed by atoms with van der Waals surface area (Å²) in [4.78, 5) is 15.1. The van der Waals surface area contributed by atoms with Gasteiger partial charge in [-0.2, -0.15) is 0 Å². The number of halogens is 2. The van der Waals surface area contributed by atoms with Crippen LogP contribution in [-0.4, -0.2) is 11.0 Å². The van der Waals surface area contributed by atoms with Gasteiger partial charge in [-0.25, -0.2) is 0 Å². The van der Waals surface area contributed by atoms with Gasteiger partial charge in [-0.3, -0.25) is 9.78 Å². The molecule has 0 fully saturated rings. The highest BCUT2D eigenvalue weighted by Gasteiger charge is 2.02. The second-order valence-corrected chi connectivity index (χ2v) is 2.91. The molecule has 0 radical (unpaired) electrons. The van der Waals surface area contributed by atoms with E-state index in [9.17, 15) is 4.79 Å². The minimum Gasteiger partial charge on any atom is -0.426 e. The number of hydrogen-bond acceptors (Lipinski definition) is 3. The topological polar surface area (TPSA) is 39.2 Å². The van der Waals surface area contributed by atoms with E-state index in [4.69, 9.17) is 4.74 Å². The molecule has 86 valence electrons. The number of carbonyl (C=O) groups excluding carboxylic acids is 1. The number of aromatic nitrogens is 1. The molecule has 15 heavy (non-hydrogen) atoms. The summed E-state index contributed by atoms with van der Waals surface area (Å²) in [6, 6.07) is 3.50. The number of ether oxygens (including phenoxy) is 1. The van der Waals surface area contributed by atoms with Crippen molar-refractivity contribution in [2.24, 2.45) is 0 Å². The number of pyridine rings is 1. The van der Waals surface area contributed by atoms with Gasteiger partial charge in [0.05, 0.1) is 0 Å². The maximum atomic E-state index is 11.0. The molecule has 0 spiro atoms. The Morgan fingerprint density at radius 3 is 2.13 bits per heavy atom. The van der Waals surface area contributed by atoms with Gasteiger partial charge in [0.25, 0.3) is 0 Å². The van der Waals surface area contributed by atoms with Crippen molar-refractivity contribution in [3.05, 3.63) is 23.5 Å². The zero-order valence-electron chi connectivity index (χ0n) is 8.94. The van der Waals surface area contributed by atoms with E-state index in [1.54, 1.807) is 19.1 Å². The second-order valence-electron chi connectivity index (χ2n) is 2.91. The number of rotatable bonds is 2. The first kappa shape index (κ1) is 16.6. The number of hydrogen-bond donors (Lipinski definition) is 0. The molecule has 5 heteroatoms.